The van der Waals surface area contributed by atoms with Crippen LogP contribution in [0.4, 0.5) is 0 Å². The van der Waals surface area contributed by atoms with Crippen LogP contribution in [0.1, 0.15) is 36.8 Å². The second-order valence-corrected chi connectivity index (χ2v) is 6.50. The smallest absolute Gasteiger partial charge is 0.222 e. The van der Waals surface area contributed by atoms with Gasteiger partial charge in [0.2, 0.25) is 5.91 Å². The predicted octanol–water partition coefficient (Wildman–Crippen LogP) is 2.84. The first-order valence-corrected chi connectivity index (χ1v) is 7.91. The number of nitrogens with one attached hydrogen (secondary N) is 1. The van der Waals surface area contributed by atoms with Crippen molar-refractivity contribution in [3.63, 3.8) is 0 Å². The Morgan fingerprint density at radius 1 is 1.32 bits per heavy atom. The fourth-order valence-corrected chi connectivity index (χ4v) is 3.24. The van der Waals surface area contributed by atoms with Crippen LogP contribution in [0.5, 0.6) is 0 Å². The fraction of sp³-hybridized carbons (Fsp3) is 0.444. The average molecular weight is 297 g/mol. The number of aromatic nitrogens is 2. The first kappa shape index (κ1) is 14.8. The van der Waals surface area contributed by atoms with Crippen molar-refractivity contribution in [1.29, 1.82) is 0 Å². The first-order valence-electron chi connectivity index (χ1n) is 7.91. The lowest BCUT2D eigenvalue weighted by atomic mass is 9.75. The van der Waals surface area contributed by atoms with Gasteiger partial charge in [0.15, 0.2) is 0 Å². The third-order valence-electron chi connectivity index (χ3n) is 4.63. The van der Waals surface area contributed by atoms with E-state index in [4.69, 9.17) is 0 Å². The second-order valence-electron chi connectivity index (χ2n) is 6.50. The van der Waals surface area contributed by atoms with Crippen LogP contribution in [-0.2, 0) is 16.6 Å². The standard InChI is InChI=1S/C18H23N3O/c1-14-12-19-16(20-14)9-11-21-13-18(2,10-8-17(21)22)15-6-4-3-5-7-15/h3-7,12H,8-11,13H2,1-2H3,(H,19,20). The van der Waals surface area contributed by atoms with E-state index < -0.39 is 0 Å². The fourth-order valence-electron chi connectivity index (χ4n) is 3.24. The molecule has 2 aromatic rings. The number of amides is 1. The minimum Gasteiger partial charge on any atom is -0.346 e. The molecule has 1 aromatic carbocycles. The Morgan fingerprint density at radius 2 is 2.09 bits per heavy atom. The van der Waals surface area contributed by atoms with E-state index in [0.717, 1.165) is 37.4 Å². The molecular weight excluding hydrogens is 274 g/mol. The number of hydrogen-bond donors (Lipinski definition) is 1. The molecule has 1 unspecified atom stereocenters. The number of carbonyl (C=O) groups is 1. The van der Waals surface area contributed by atoms with Gasteiger partial charge in [0.25, 0.3) is 0 Å². The highest BCUT2D eigenvalue weighted by molar-refractivity contribution is 5.77. The van der Waals surface area contributed by atoms with Crippen molar-refractivity contribution in [2.45, 2.75) is 38.5 Å². The number of aromatic amines is 1. The van der Waals surface area contributed by atoms with Gasteiger partial charge in [0.1, 0.15) is 5.82 Å². The van der Waals surface area contributed by atoms with E-state index in [9.17, 15) is 4.79 Å². The van der Waals surface area contributed by atoms with E-state index in [0.29, 0.717) is 6.42 Å². The zero-order valence-corrected chi connectivity index (χ0v) is 13.3. The molecule has 1 aromatic heterocycles. The Balaban J connectivity index is 1.69. The van der Waals surface area contributed by atoms with Crippen LogP contribution in [0, 0.1) is 6.92 Å². The topological polar surface area (TPSA) is 49.0 Å². The lowest BCUT2D eigenvalue weighted by molar-refractivity contribution is -0.135. The van der Waals surface area contributed by atoms with Gasteiger partial charge in [-0.05, 0) is 18.9 Å². The molecule has 0 aliphatic carbocycles. The van der Waals surface area contributed by atoms with Crippen LogP contribution >= 0.6 is 0 Å². The molecule has 1 aliphatic rings. The van der Waals surface area contributed by atoms with E-state index in [-0.39, 0.29) is 11.3 Å². The van der Waals surface area contributed by atoms with Crippen LogP contribution in [0.15, 0.2) is 36.5 Å². The highest BCUT2D eigenvalue weighted by atomic mass is 16.2. The lowest BCUT2D eigenvalue weighted by Crippen LogP contribution is -2.48. The minimum absolute atomic E-state index is 0.0499. The number of carbonyl (C=O) groups excluding carboxylic acids is 1. The summed E-state index contributed by atoms with van der Waals surface area (Å²) in [6.07, 6.45) is 4.17. The molecule has 3 rings (SSSR count). The van der Waals surface area contributed by atoms with Crippen LogP contribution in [0.3, 0.4) is 0 Å². The number of benzene rings is 1. The summed E-state index contributed by atoms with van der Waals surface area (Å²) >= 11 is 0. The Morgan fingerprint density at radius 3 is 2.77 bits per heavy atom. The van der Waals surface area contributed by atoms with Crippen molar-refractivity contribution in [1.82, 2.24) is 14.9 Å². The SMILES string of the molecule is Cc1cnc(CCN2CC(C)(c3ccccc3)CCC2=O)[nH]1. The van der Waals surface area contributed by atoms with Gasteiger partial charge in [0.05, 0.1) is 0 Å². The molecular formula is C18H23N3O. The quantitative estimate of drug-likeness (QED) is 0.943. The summed E-state index contributed by atoms with van der Waals surface area (Å²) in [4.78, 5) is 21.8. The summed E-state index contributed by atoms with van der Waals surface area (Å²) in [5.74, 6) is 1.22. The molecule has 1 aliphatic heterocycles. The Kier molecular flexibility index (Phi) is 4.01. The number of rotatable bonds is 4. The summed E-state index contributed by atoms with van der Waals surface area (Å²) in [6, 6.07) is 10.5. The maximum absolute atomic E-state index is 12.2. The maximum atomic E-state index is 12.2. The lowest BCUT2D eigenvalue weighted by Gasteiger charge is -2.40. The Hall–Kier alpha value is -2.10. The predicted molar refractivity (Wildman–Crippen MR) is 86.6 cm³/mol. The van der Waals surface area contributed by atoms with Crippen molar-refractivity contribution >= 4 is 5.91 Å². The van der Waals surface area contributed by atoms with E-state index in [2.05, 4.69) is 41.2 Å². The molecule has 0 radical (unpaired) electrons. The largest absolute Gasteiger partial charge is 0.346 e. The molecule has 0 bridgehead atoms. The monoisotopic (exact) mass is 297 g/mol. The summed E-state index contributed by atoms with van der Waals surface area (Å²) in [5, 5.41) is 0. The average Bonchev–Trinajstić information content (AvgIpc) is 2.95. The van der Waals surface area contributed by atoms with E-state index >= 15 is 0 Å². The molecule has 1 amide bonds. The van der Waals surface area contributed by atoms with Gasteiger partial charge >= 0.3 is 0 Å². The number of likely N-dealkylation sites (tertiary alicyclic amines) is 1. The molecule has 1 fully saturated rings. The van der Waals surface area contributed by atoms with Crippen LogP contribution < -0.4 is 0 Å². The number of nitrogens with zero attached hydrogens (tertiary/aromatic N) is 2. The number of imidazole rings is 1. The van der Waals surface area contributed by atoms with Crippen molar-refractivity contribution < 1.29 is 4.79 Å². The van der Waals surface area contributed by atoms with Gasteiger partial charge in [0, 0.05) is 43.2 Å². The zero-order valence-electron chi connectivity index (χ0n) is 13.3. The van der Waals surface area contributed by atoms with Crippen molar-refractivity contribution in [3.05, 3.63) is 53.6 Å². The van der Waals surface area contributed by atoms with E-state index in [1.165, 1.54) is 5.56 Å². The number of piperidine rings is 1. The summed E-state index contributed by atoms with van der Waals surface area (Å²) in [6.45, 7) is 5.78. The number of H-pyrrole nitrogens is 1. The Labute approximate surface area is 131 Å². The molecule has 22 heavy (non-hydrogen) atoms. The number of hydrogen-bond acceptors (Lipinski definition) is 2. The van der Waals surface area contributed by atoms with Gasteiger partial charge in [-0.15, -0.1) is 0 Å². The normalized spacial score (nSPS) is 22.1. The van der Waals surface area contributed by atoms with Gasteiger partial charge in [-0.25, -0.2) is 4.98 Å². The zero-order chi connectivity index (χ0) is 15.6. The highest BCUT2D eigenvalue weighted by Crippen LogP contribution is 2.34. The van der Waals surface area contributed by atoms with Crippen molar-refractivity contribution in [2.75, 3.05) is 13.1 Å². The van der Waals surface area contributed by atoms with Gasteiger partial charge in [-0.2, -0.15) is 0 Å². The molecule has 1 N–H and O–H groups in total. The molecule has 0 spiro atoms. The van der Waals surface area contributed by atoms with Crippen molar-refractivity contribution in [3.8, 4) is 0 Å². The molecule has 1 atom stereocenters. The maximum Gasteiger partial charge on any atom is 0.222 e. The summed E-state index contributed by atoms with van der Waals surface area (Å²) < 4.78 is 0. The van der Waals surface area contributed by atoms with E-state index in [1.807, 2.05) is 24.1 Å². The summed E-state index contributed by atoms with van der Waals surface area (Å²) in [7, 11) is 0. The molecule has 0 saturated carbocycles. The van der Waals surface area contributed by atoms with Crippen LogP contribution in [0.25, 0.3) is 0 Å². The highest BCUT2D eigenvalue weighted by Gasteiger charge is 2.35. The van der Waals surface area contributed by atoms with Crippen LogP contribution in [0.2, 0.25) is 0 Å². The third kappa shape index (κ3) is 3.06. The van der Waals surface area contributed by atoms with E-state index in [1.54, 1.807) is 0 Å². The number of aryl methyl sites for hydroxylation is 1. The third-order valence-corrected chi connectivity index (χ3v) is 4.63. The van der Waals surface area contributed by atoms with Gasteiger partial charge in [-0.3, -0.25) is 4.79 Å². The Bertz CT molecular complexity index is 649. The van der Waals surface area contributed by atoms with Crippen LogP contribution in [-0.4, -0.2) is 33.9 Å². The van der Waals surface area contributed by atoms with Crippen molar-refractivity contribution in [2.24, 2.45) is 0 Å². The molecule has 2 heterocycles. The molecule has 4 heteroatoms. The summed E-state index contributed by atoms with van der Waals surface area (Å²) in [5.41, 5.74) is 2.43. The molecule has 116 valence electrons. The first-order chi connectivity index (χ1) is 10.6. The second kappa shape index (κ2) is 5.95. The molecule has 1 saturated heterocycles. The molecule has 4 nitrogen and oxygen atoms in total. The van der Waals surface area contributed by atoms with Gasteiger partial charge < -0.3 is 9.88 Å². The van der Waals surface area contributed by atoms with Gasteiger partial charge in [-0.1, -0.05) is 37.3 Å². The minimum atomic E-state index is 0.0499.